The van der Waals surface area contributed by atoms with Crippen molar-refractivity contribution in [3.8, 4) is 11.3 Å². The van der Waals surface area contributed by atoms with Crippen LogP contribution in [0.1, 0.15) is 40.4 Å². The number of aryl methyl sites for hydroxylation is 1. The van der Waals surface area contributed by atoms with Gasteiger partial charge in [0.2, 0.25) is 0 Å². The standard InChI is InChI=1S/C27H30N4O2/c1-20-5-2-6-21(17-20)24-8-3-9-25(29-24)23-7-4-12-31(19-23)27(32)22-10-11-28-26(18-22)30-13-15-33-16-14-30/h2-3,5-6,8-11,17-18,23H,4,7,12-16,19H2,1H3. The molecule has 0 spiro atoms. The Balaban J connectivity index is 1.32. The van der Waals surface area contributed by atoms with Gasteiger partial charge >= 0.3 is 0 Å². The fourth-order valence-electron chi connectivity index (χ4n) is 4.75. The Morgan fingerprint density at radius 1 is 1.03 bits per heavy atom. The van der Waals surface area contributed by atoms with Crippen LogP contribution in [0.15, 0.2) is 60.8 Å². The highest BCUT2D eigenvalue weighted by atomic mass is 16.5. The van der Waals surface area contributed by atoms with Crippen LogP contribution in [0.5, 0.6) is 0 Å². The van der Waals surface area contributed by atoms with E-state index in [0.717, 1.165) is 55.2 Å². The summed E-state index contributed by atoms with van der Waals surface area (Å²) >= 11 is 0. The molecule has 2 fully saturated rings. The second kappa shape index (κ2) is 9.71. The molecule has 2 aliphatic rings. The molecule has 6 heteroatoms. The smallest absolute Gasteiger partial charge is 0.254 e. The van der Waals surface area contributed by atoms with Crippen LogP contribution in [0.3, 0.4) is 0 Å². The summed E-state index contributed by atoms with van der Waals surface area (Å²) < 4.78 is 5.44. The molecule has 1 amide bonds. The number of hydrogen-bond acceptors (Lipinski definition) is 5. The predicted molar refractivity (Wildman–Crippen MR) is 130 cm³/mol. The van der Waals surface area contributed by atoms with Crippen molar-refractivity contribution in [2.45, 2.75) is 25.7 Å². The maximum Gasteiger partial charge on any atom is 0.254 e. The third-order valence-electron chi connectivity index (χ3n) is 6.54. The normalized spacial score (nSPS) is 18.9. The molecule has 1 atom stereocenters. The number of aromatic nitrogens is 2. The Morgan fingerprint density at radius 3 is 2.73 bits per heavy atom. The third-order valence-corrected chi connectivity index (χ3v) is 6.54. The van der Waals surface area contributed by atoms with Crippen molar-refractivity contribution >= 4 is 11.7 Å². The molecule has 0 aliphatic carbocycles. The van der Waals surface area contributed by atoms with Crippen LogP contribution in [0.2, 0.25) is 0 Å². The molecule has 5 rings (SSSR count). The number of amides is 1. The number of pyridine rings is 2. The van der Waals surface area contributed by atoms with E-state index in [-0.39, 0.29) is 11.8 Å². The fourth-order valence-corrected chi connectivity index (χ4v) is 4.75. The summed E-state index contributed by atoms with van der Waals surface area (Å²) in [7, 11) is 0. The van der Waals surface area contributed by atoms with Gasteiger partial charge in [-0.25, -0.2) is 4.98 Å². The van der Waals surface area contributed by atoms with Crippen LogP contribution in [0, 0.1) is 6.92 Å². The molecule has 6 nitrogen and oxygen atoms in total. The summed E-state index contributed by atoms with van der Waals surface area (Å²) in [5, 5.41) is 0. The Hall–Kier alpha value is -3.25. The first-order valence-electron chi connectivity index (χ1n) is 11.8. The number of morpholine rings is 1. The molecule has 0 saturated carbocycles. The van der Waals surface area contributed by atoms with Gasteiger partial charge in [-0.15, -0.1) is 0 Å². The summed E-state index contributed by atoms with van der Waals surface area (Å²) in [5.74, 6) is 1.17. The summed E-state index contributed by atoms with van der Waals surface area (Å²) in [6.07, 6.45) is 3.77. The molecule has 2 aromatic heterocycles. The fraction of sp³-hybridized carbons (Fsp3) is 0.370. The van der Waals surface area contributed by atoms with Crippen molar-refractivity contribution < 1.29 is 9.53 Å². The largest absolute Gasteiger partial charge is 0.378 e. The van der Waals surface area contributed by atoms with Gasteiger partial charge in [0, 0.05) is 55.1 Å². The van der Waals surface area contributed by atoms with Crippen molar-refractivity contribution in [2.75, 3.05) is 44.3 Å². The second-order valence-electron chi connectivity index (χ2n) is 8.91. The van der Waals surface area contributed by atoms with Gasteiger partial charge < -0.3 is 14.5 Å². The van der Waals surface area contributed by atoms with E-state index >= 15 is 0 Å². The van der Waals surface area contributed by atoms with Crippen molar-refractivity contribution in [1.82, 2.24) is 14.9 Å². The van der Waals surface area contributed by atoms with Gasteiger partial charge in [0.05, 0.1) is 18.9 Å². The van der Waals surface area contributed by atoms with Crippen LogP contribution in [-0.4, -0.2) is 60.2 Å². The Bertz CT molecular complexity index is 1130. The van der Waals surface area contributed by atoms with Crippen LogP contribution in [0.25, 0.3) is 11.3 Å². The lowest BCUT2D eigenvalue weighted by molar-refractivity contribution is 0.0706. The number of hydrogen-bond donors (Lipinski definition) is 0. The molecular formula is C27H30N4O2. The van der Waals surface area contributed by atoms with Gasteiger partial charge in [-0.2, -0.15) is 0 Å². The van der Waals surface area contributed by atoms with Crippen molar-refractivity contribution in [1.29, 1.82) is 0 Å². The van der Waals surface area contributed by atoms with Gasteiger partial charge in [-0.05, 0) is 50.1 Å². The van der Waals surface area contributed by atoms with Crippen molar-refractivity contribution in [2.24, 2.45) is 0 Å². The topological polar surface area (TPSA) is 58.6 Å². The molecule has 33 heavy (non-hydrogen) atoms. The molecule has 1 unspecified atom stereocenters. The maximum absolute atomic E-state index is 13.4. The van der Waals surface area contributed by atoms with E-state index in [1.54, 1.807) is 6.20 Å². The minimum Gasteiger partial charge on any atom is -0.378 e. The first-order chi connectivity index (χ1) is 16.2. The number of piperidine rings is 1. The number of anilines is 1. The van der Waals surface area contributed by atoms with Crippen molar-refractivity contribution in [3.05, 3.63) is 77.6 Å². The number of nitrogens with zero attached hydrogens (tertiary/aromatic N) is 4. The summed E-state index contributed by atoms with van der Waals surface area (Å²) in [4.78, 5) is 27.0. The summed E-state index contributed by atoms with van der Waals surface area (Å²) in [5.41, 5.74) is 5.11. The summed E-state index contributed by atoms with van der Waals surface area (Å²) in [6.45, 7) is 6.57. The quantitative estimate of drug-likeness (QED) is 0.603. The molecule has 0 bridgehead atoms. The Morgan fingerprint density at radius 2 is 1.88 bits per heavy atom. The highest BCUT2D eigenvalue weighted by Gasteiger charge is 2.27. The van der Waals surface area contributed by atoms with E-state index < -0.39 is 0 Å². The molecule has 4 heterocycles. The molecule has 2 saturated heterocycles. The number of likely N-dealkylation sites (tertiary alicyclic amines) is 1. The van der Waals surface area contributed by atoms with Gasteiger partial charge in [-0.1, -0.05) is 29.8 Å². The Kier molecular flexibility index (Phi) is 6.35. The van der Waals surface area contributed by atoms with E-state index in [0.29, 0.717) is 25.3 Å². The lowest BCUT2D eigenvalue weighted by atomic mass is 9.93. The third kappa shape index (κ3) is 4.91. The monoisotopic (exact) mass is 442 g/mol. The lowest BCUT2D eigenvalue weighted by Gasteiger charge is -2.33. The van der Waals surface area contributed by atoms with Crippen LogP contribution < -0.4 is 4.90 Å². The zero-order chi connectivity index (χ0) is 22.6. The lowest BCUT2D eigenvalue weighted by Crippen LogP contribution is -2.40. The van der Waals surface area contributed by atoms with Gasteiger partial charge in [0.1, 0.15) is 5.82 Å². The SMILES string of the molecule is Cc1cccc(-c2cccc(C3CCCN(C(=O)c4ccnc(N5CCOCC5)c4)C3)n2)c1. The van der Waals surface area contributed by atoms with E-state index in [1.807, 2.05) is 17.0 Å². The van der Waals surface area contributed by atoms with Gasteiger partial charge in [0.25, 0.3) is 5.91 Å². The number of carbonyl (C=O) groups excluding carboxylic acids is 1. The summed E-state index contributed by atoms with van der Waals surface area (Å²) in [6, 6.07) is 18.4. The average Bonchev–Trinajstić information content (AvgIpc) is 2.89. The van der Waals surface area contributed by atoms with Crippen LogP contribution >= 0.6 is 0 Å². The second-order valence-corrected chi connectivity index (χ2v) is 8.91. The molecule has 2 aliphatic heterocycles. The zero-order valence-electron chi connectivity index (χ0n) is 19.1. The highest BCUT2D eigenvalue weighted by Crippen LogP contribution is 2.29. The van der Waals surface area contributed by atoms with Crippen LogP contribution in [-0.2, 0) is 4.74 Å². The van der Waals surface area contributed by atoms with Gasteiger partial charge in [-0.3, -0.25) is 9.78 Å². The first-order valence-corrected chi connectivity index (χ1v) is 11.8. The number of ether oxygens (including phenoxy) is 1. The number of carbonyl (C=O) groups is 1. The van der Waals surface area contributed by atoms with E-state index in [9.17, 15) is 4.79 Å². The predicted octanol–water partition coefficient (Wildman–Crippen LogP) is 4.31. The van der Waals surface area contributed by atoms with Crippen LogP contribution in [0.4, 0.5) is 5.82 Å². The van der Waals surface area contributed by atoms with Crippen molar-refractivity contribution in [3.63, 3.8) is 0 Å². The van der Waals surface area contributed by atoms with E-state index in [4.69, 9.17) is 9.72 Å². The molecule has 0 radical (unpaired) electrons. The molecule has 170 valence electrons. The first kappa shape index (κ1) is 21.6. The minimum atomic E-state index is 0.0754. The number of rotatable bonds is 4. The number of benzene rings is 1. The Labute approximate surface area is 195 Å². The zero-order valence-corrected chi connectivity index (χ0v) is 19.1. The average molecular weight is 443 g/mol. The van der Waals surface area contributed by atoms with Gasteiger partial charge in [0.15, 0.2) is 0 Å². The highest BCUT2D eigenvalue weighted by molar-refractivity contribution is 5.95. The molecule has 1 aromatic carbocycles. The molecular weight excluding hydrogens is 412 g/mol. The maximum atomic E-state index is 13.4. The van der Waals surface area contributed by atoms with E-state index in [1.165, 1.54) is 5.56 Å². The molecule has 3 aromatic rings. The minimum absolute atomic E-state index is 0.0754. The van der Waals surface area contributed by atoms with E-state index in [2.05, 4.69) is 59.3 Å². The molecule has 0 N–H and O–H groups in total.